The number of aromatic hydroxyl groups is 2. The van der Waals surface area contributed by atoms with Crippen molar-refractivity contribution in [3.05, 3.63) is 22.8 Å². The van der Waals surface area contributed by atoms with E-state index in [4.69, 9.17) is 5.11 Å². The average molecular weight is 366 g/mol. The Morgan fingerprint density at radius 3 is 2.42 bits per heavy atom. The molecular weight excluding hydrogens is 336 g/mol. The zero-order valence-electron chi connectivity index (χ0n) is 15.5. The number of aliphatic hydroxyl groups is 2. The number of benzene rings is 1. The van der Waals surface area contributed by atoms with Crippen molar-refractivity contribution in [2.24, 2.45) is 11.8 Å². The SMILES string of the molecule is C[C@H](CO)CCC[C@H](CO)[C@@H]1CC[C@@H](C)c2c1cc(C(=O)O)c(O)c2O. The quantitative estimate of drug-likeness (QED) is 0.451. The van der Waals surface area contributed by atoms with Crippen molar-refractivity contribution in [3.8, 4) is 11.5 Å². The maximum absolute atomic E-state index is 11.4. The number of rotatable bonds is 8. The van der Waals surface area contributed by atoms with Gasteiger partial charge in [-0.15, -0.1) is 0 Å². The van der Waals surface area contributed by atoms with Crippen molar-refractivity contribution >= 4 is 5.97 Å². The van der Waals surface area contributed by atoms with E-state index >= 15 is 0 Å². The van der Waals surface area contributed by atoms with Crippen molar-refractivity contribution < 1.29 is 30.3 Å². The van der Waals surface area contributed by atoms with Crippen LogP contribution in [0.25, 0.3) is 0 Å². The highest BCUT2D eigenvalue weighted by atomic mass is 16.4. The minimum Gasteiger partial charge on any atom is -0.504 e. The van der Waals surface area contributed by atoms with Gasteiger partial charge >= 0.3 is 5.97 Å². The van der Waals surface area contributed by atoms with E-state index in [1.54, 1.807) is 0 Å². The van der Waals surface area contributed by atoms with Gasteiger partial charge in [-0.1, -0.05) is 20.3 Å². The molecule has 6 heteroatoms. The van der Waals surface area contributed by atoms with Crippen molar-refractivity contribution in [1.29, 1.82) is 0 Å². The predicted molar refractivity (Wildman–Crippen MR) is 97.8 cm³/mol. The fourth-order valence-electron chi connectivity index (χ4n) is 4.14. The van der Waals surface area contributed by atoms with Gasteiger partial charge in [0.05, 0.1) is 0 Å². The molecule has 0 amide bonds. The number of hydrogen-bond donors (Lipinski definition) is 5. The summed E-state index contributed by atoms with van der Waals surface area (Å²) in [5.41, 5.74) is 1.03. The van der Waals surface area contributed by atoms with Crippen LogP contribution in [0.3, 0.4) is 0 Å². The first kappa shape index (κ1) is 20.5. The number of carboxylic acid groups (broad SMARTS) is 1. The molecule has 0 unspecified atom stereocenters. The van der Waals surface area contributed by atoms with Crippen LogP contribution < -0.4 is 0 Å². The van der Waals surface area contributed by atoms with Crippen LogP contribution in [0, 0.1) is 11.8 Å². The number of carboxylic acids is 1. The Morgan fingerprint density at radius 1 is 1.15 bits per heavy atom. The standard InChI is InChI=1S/C20H30O6/c1-11(9-21)4-3-5-13(10-22)14-7-6-12(2)17-15(14)8-16(20(25)26)18(23)19(17)24/h8,11-14,21-24H,3-7,9-10H2,1-2H3,(H,25,26)/t11-,12+,13+,14-/m0/s1. The molecule has 26 heavy (non-hydrogen) atoms. The van der Waals surface area contributed by atoms with E-state index < -0.39 is 11.7 Å². The Labute approximate surface area is 154 Å². The molecular formula is C20H30O6. The molecule has 0 spiro atoms. The summed E-state index contributed by atoms with van der Waals surface area (Å²) in [6.45, 7) is 4.05. The van der Waals surface area contributed by atoms with Gasteiger partial charge in [0.2, 0.25) is 0 Å². The molecule has 0 aromatic heterocycles. The first-order chi connectivity index (χ1) is 12.3. The van der Waals surface area contributed by atoms with Crippen LogP contribution in [0.5, 0.6) is 11.5 Å². The molecule has 0 saturated carbocycles. The van der Waals surface area contributed by atoms with Gasteiger partial charge in [0.15, 0.2) is 11.5 Å². The molecule has 2 rings (SSSR count). The molecule has 0 fully saturated rings. The van der Waals surface area contributed by atoms with Crippen LogP contribution in [-0.2, 0) is 0 Å². The molecule has 0 saturated heterocycles. The molecule has 5 N–H and O–H groups in total. The van der Waals surface area contributed by atoms with Crippen molar-refractivity contribution in [2.75, 3.05) is 13.2 Å². The number of phenolic OH excluding ortho intramolecular Hbond substituents is 1. The Morgan fingerprint density at radius 2 is 1.85 bits per heavy atom. The molecule has 1 aromatic carbocycles. The minimum absolute atomic E-state index is 0.0174. The Bertz CT molecular complexity index is 642. The third kappa shape index (κ3) is 4.13. The lowest BCUT2D eigenvalue weighted by Gasteiger charge is -2.35. The second-order valence-electron chi connectivity index (χ2n) is 7.68. The largest absolute Gasteiger partial charge is 0.504 e. The number of hydrogen-bond acceptors (Lipinski definition) is 5. The number of fused-ring (bicyclic) bond motifs is 1. The lowest BCUT2D eigenvalue weighted by atomic mass is 9.70. The van der Waals surface area contributed by atoms with Gasteiger partial charge in [-0.3, -0.25) is 0 Å². The lowest BCUT2D eigenvalue weighted by molar-refractivity contribution is 0.0692. The summed E-state index contributed by atoms with van der Waals surface area (Å²) in [5, 5.41) is 48.8. The monoisotopic (exact) mass is 366 g/mol. The molecule has 1 aliphatic rings. The van der Waals surface area contributed by atoms with E-state index in [0.717, 1.165) is 37.7 Å². The van der Waals surface area contributed by atoms with E-state index in [1.165, 1.54) is 6.07 Å². The van der Waals surface area contributed by atoms with Crippen LogP contribution in [-0.4, -0.2) is 44.7 Å². The number of phenols is 2. The van der Waals surface area contributed by atoms with E-state index in [2.05, 4.69) is 0 Å². The van der Waals surface area contributed by atoms with Gasteiger partial charge < -0.3 is 25.5 Å². The molecule has 0 heterocycles. The normalized spacial score (nSPS) is 21.8. The maximum atomic E-state index is 11.4. The highest BCUT2D eigenvalue weighted by molar-refractivity contribution is 5.92. The number of aromatic carboxylic acids is 1. The topological polar surface area (TPSA) is 118 Å². The van der Waals surface area contributed by atoms with Crippen LogP contribution in [0.4, 0.5) is 0 Å². The molecule has 0 radical (unpaired) electrons. The summed E-state index contributed by atoms with van der Waals surface area (Å²) in [4.78, 5) is 11.4. The van der Waals surface area contributed by atoms with Crippen molar-refractivity contribution in [2.45, 2.75) is 57.8 Å². The Kier molecular flexibility index (Phi) is 6.89. The van der Waals surface area contributed by atoms with Gasteiger partial charge in [-0.2, -0.15) is 0 Å². The van der Waals surface area contributed by atoms with Crippen LogP contribution >= 0.6 is 0 Å². The van der Waals surface area contributed by atoms with E-state index in [1.807, 2.05) is 13.8 Å². The smallest absolute Gasteiger partial charge is 0.339 e. The molecule has 0 bridgehead atoms. The zero-order chi connectivity index (χ0) is 19.4. The minimum atomic E-state index is -1.28. The second-order valence-corrected chi connectivity index (χ2v) is 7.68. The molecule has 4 atom stereocenters. The van der Waals surface area contributed by atoms with Gasteiger partial charge in [-0.25, -0.2) is 4.79 Å². The van der Waals surface area contributed by atoms with Crippen LogP contribution in [0.2, 0.25) is 0 Å². The number of aliphatic hydroxyl groups excluding tert-OH is 2. The van der Waals surface area contributed by atoms with E-state index in [0.29, 0.717) is 5.56 Å². The molecule has 6 nitrogen and oxygen atoms in total. The van der Waals surface area contributed by atoms with Gasteiger partial charge in [0.25, 0.3) is 0 Å². The third-order valence-corrected chi connectivity index (χ3v) is 5.77. The van der Waals surface area contributed by atoms with Crippen LogP contribution in [0.1, 0.15) is 79.3 Å². The van der Waals surface area contributed by atoms with Crippen LogP contribution in [0.15, 0.2) is 6.07 Å². The van der Waals surface area contributed by atoms with E-state index in [9.17, 15) is 25.2 Å². The Balaban J connectivity index is 2.34. The lowest BCUT2D eigenvalue weighted by Crippen LogP contribution is -2.24. The van der Waals surface area contributed by atoms with Crippen molar-refractivity contribution in [1.82, 2.24) is 0 Å². The maximum Gasteiger partial charge on any atom is 0.339 e. The van der Waals surface area contributed by atoms with Gasteiger partial charge in [-0.05, 0) is 61.0 Å². The number of carbonyl (C=O) groups is 1. The molecule has 1 aromatic rings. The van der Waals surface area contributed by atoms with Gasteiger partial charge in [0.1, 0.15) is 5.56 Å². The van der Waals surface area contributed by atoms with Gasteiger partial charge in [0, 0.05) is 18.8 Å². The summed E-state index contributed by atoms with van der Waals surface area (Å²) in [6, 6.07) is 1.46. The first-order valence-corrected chi connectivity index (χ1v) is 9.35. The Hall–Kier alpha value is -1.79. The summed E-state index contributed by atoms with van der Waals surface area (Å²) in [7, 11) is 0. The summed E-state index contributed by atoms with van der Waals surface area (Å²) >= 11 is 0. The second kappa shape index (κ2) is 8.73. The molecule has 0 aliphatic heterocycles. The summed E-state index contributed by atoms with van der Waals surface area (Å²) in [6.07, 6.45) is 4.11. The van der Waals surface area contributed by atoms with E-state index in [-0.39, 0.29) is 48.2 Å². The fraction of sp³-hybridized carbons (Fsp3) is 0.650. The third-order valence-electron chi connectivity index (χ3n) is 5.77. The summed E-state index contributed by atoms with van der Waals surface area (Å²) in [5.74, 6) is -2.08. The fourth-order valence-corrected chi connectivity index (χ4v) is 4.14. The predicted octanol–water partition coefficient (Wildman–Crippen LogP) is 3.18. The van der Waals surface area contributed by atoms with Crippen molar-refractivity contribution in [3.63, 3.8) is 0 Å². The first-order valence-electron chi connectivity index (χ1n) is 9.35. The highest BCUT2D eigenvalue weighted by Gasteiger charge is 2.35. The zero-order valence-corrected chi connectivity index (χ0v) is 15.5. The molecule has 146 valence electrons. The molecule has 1 aliphatic carbocycles. The highest BCUT2D eigenvalue weighted by Crippen LogP contribution is 2.50. The average Bonchev–Trinajstić information content (AvgIpc) is 2.61. The summed E-state index contributed by atoms with van der Waals surface area (Å²) < 4.78 is 0.